The number of hydrogen-bond donors (Lipinski definition) is 5. The van der Waals surface area contributed by atoms with Crippen LogP contribution < -0.4 is 0 Å². The Hall–Kier alpha value is -0.200. The maximum Gasteiger partial charge on any atom is 0.109 e. The van der Waals surface area contributed by atoms with Crippen molar-refractivity contribution in [2.24, 2.45) is 5.92 Å². The van der Waals surface area contributed by atoms with Crippen LogP contribution in [0.4, 0.5) is 0 Å². The summed E-state index contributed by atoms with van der Waals surface area (Å²) in [5, 5.41) is 46.1. The maximum atomic E-state index is 9.42. The molecule has 0 spiro atoms. The number of rotatable bonds is 1. The van der Waals surface area contributed by atoms with Crippen molar-refractivity contribution in [1.82, 2.24) is 0 Å². The van der Waals surface area contributed by atoms with Gasteiger partial charge in [-0.2, -0.15) is 0 Å². The highest BCUT2D eigenvalue weighted by molar-refractivity contribution is 4.88. The molecule has 5 N–H and O–H groups in total. The lowest BCUT2D eigenvalue weighted by Crippen LogP contribution is -2.44. The lowest BCUT2D eigenvalue weighted by molar-refractivity contribution is -0.107. The molecule has 0 aliphatic heterocycles. The van der Waals surface area contributed by atoms with Crippen LogP contribution in [0.15, 0.2) is 0 Å². The zero-order valence-corrected chi connectivity index (χ0v) is 7.24. The molecule has 1 saturated carbocycles. The van der Waals surface area contributed by atoms with Crippen molar-refractivity contribution < 1.29 is 25.5 Å². The van der Waals surface area contributed by atoms with Crippen LogP contribution in [0.25, 0.3) is 0 Å². The predicted molar refractivity (Wildman–Crippen MR) is 43.8 cm³/mol. The van der Waals surface area contributed by atoms with Crippen LogP contribution in [0.2, 0.25) is 0 Å². The van der Waals surface area contributed by atoms with Crippen LogP contribution in [-0.2, 0) is 0 Å². The summed E-state index contributed by atoms with van der Waals surface area (Å²) in [5.41, 5.74) is 0. The second-order valence-electron chi connectivity index (χ2n) is 3.56. The Balaban J connectivity index is 2.69. The topological polar surface area (TPSA) is 101 Å². The maximum absolute atomic E-state index is 9.42. The summed E-state index contributed by atoms with van der Waals surface area (Å²) in [5.74, 6) is -0.471. The molecule has 5 nitrogen and oxygen atoms in total. The summed E-state index contributed by atoms with van der Waals surface area (Å²) >= 11 is 0. The molecular formula is C8H16O5. The summed E-state index contributed by atoms with van der Waals surface area (Å²) in [4.78, 5) is 0. The molecule has 78 valence electrons. The lowest BCUT2D eigenvalue weighted by Gasteiger charge is -2.25. The van der Waals surface area contributed by atoms with Crippen LogP contribution in [-0.4, -0.2) is 56.6 Å². The van der Waals surface area contributed by atoms with Gasteiger partial charge in [-0.3, -0.25) is 0 Å². The average molecular weight is 192 g/mol. The first-order valence-electron chi connectivity index (χ1n) is 4.41. The molecule has 1 aliphatic carbocycles. The van der Waals surface area contributed by atoms with Gasteiger partial charge in [-0.25, -0.2) is 0 Å². The SMILES string of the molecule is OC[C@H]1CC[C@@H](O)[C@@H](O)[C@@H](O)[C@@H]1O. The third-order valence-electron chi connectivity index (χ3n) is 2.64. The minimum absolute atomic E-state index is 0.252. The fraction of sp³-hybridized carbons (Fsp3) is 1.00. The standard InChI is InChI=1S/C8H16O5/c9-3-4-1-2-5(10)7(12)8(13)6(4)11/h4-13H,1-3H2/t4-,5-,6-,7-,8+/m1/s1. The molecular weight excluding hydrogens is 176 g/mol. The average Bonchev–Trinajstić information content (AvgIpc) is 2.22. The van der Waals surface area contributed by atoms with Crippen molar-refractivity contribution in [3.8, 4) is 0 Å². The Kier molecular flexibility index (Phi) is 3.63. The summed E-state index contributed by atoms with van der Waals surface area (Å²) < 4.78 is 0. The second kappa shape index (κ2) is 4.34. The first-order chi connectivity index (χ1) is 6.07. The second-order valence-corrected chi connectivity index (χ2v) is 3.56. The van der Waals surface area contributed by atoms with Gasteiger partial charge in [0.1, 0.15) is 12.2 Å². The molecule has 13 heavy (non-hydrogen) atoms. The van der Waals surface area contributed by atoms with E-state index in [-0.39, 0.29) is 13.0 Å². The van der Waals surface area contributed by atoms with E-state index in [1.165, 1.54) is 0 Å². The van der Waals surface area contributed by atoms with Crippen molar-refractivity contribution in [2.75, 3.05) is 6.61 Å². The van der Waals surface area contributed by atoms with Crippen molar-refractivity contribution in [3.05, 3.63) is 0 Å². The minimum atomic E-state index is -1.38. The molecule has 0 amide bonds. The van der Waals surface area contributed by atoms with E-state index in [1.54, 1.807) is 0 Å². The Labute approximate surface area is 76.3 Å². The van der Waals surface area contributed by atoms with E-state index < -0.39 is 30.3 Å². The molecule has 1 rings (SSSR count). The lowest BCUT2D eigenvalue weighted by atomic mass is 9.96. The van der Waals surface area contributed by atoms with Crippen LogP contribution in [0.1, 0.15) is 12.8 Å². The number of hydrogen-bond acceptors (Lipinski definition) is 5. The third-order valence-corrected chi connectivity index (χ3v) is 2.64. The Morgan fingerprint density at radius 1 is 0.846 bits per heavy atom. The zero-order chi connectivity index (χ0) is 10.0. The molecule has 0 heterocycles. The van der Waals surface area contributed by atoms with E-state index >= 15 is 0 Å². The van der Waals surface area contributed by atoms with Crippen LogP contribution in [0, 0.1) is 5.92 Å². The van der Waals surface area contributed by atoms with E-state index in [1.807, 2.05) is 0 Å². The number of aliphatic hydroxyl groups excluding tert-OH is 5. The smallest absolute Gasteiger partial charge is 0.109 e. The predicted octanol–water partition coefficient (Wildman–Crippen LogP) is -2.17. The molecule has 5 heteroatoms. The molecule has 0 aromatic heterocycles. The van der Waals surface area contributed by atoms with Gasteiger partial charge in [0.2, 0.25) is 0 Å². The van der Waals surface area contributed by atoms with Crippen LogP contribution in [0.5, 0.6) is 0 Å². The Morgan fingerprint density at radius 2 is 1.46 bits per heavy atom. The van der Waals surface area contributed by atoms with E-state index in [2.05, 4.69) is 0 Å². The van der Waals surface area contributed by atoms with E-state index in [0.717, 1.165) is 0 Å². The summed E-state index contributed by atoms with van der Waals surface area (Å²) in [6.45, 7) is -0.252. The van der Waals surface area contributed by atoms with Gasteiger partial charge in [-0.15, -0.1) is 0 Å². The summed E-state index contributed by atoms with van der Waals surface area (Å²) in [6.07, 6.45) is -4.23. The molecule has 0 unspecified atom stereocenters. The zero-order valence-electron chi connectivity index (χ0n) is 7.24. The molecule has 5 atom stereocenters. The summed E-state index contributed by atoms with van der Waals surface area (Å²) in [6, 6.07) is 0. The van der Waals surface area contributed by atoms with Gasteiger partial charge >= 0.3 is 0 Å². The van der Waals surface area contributed by atoms with Gasteiger partial charge in [0, 0.05) is 12.5 Å². The highest BCUT2D eigenvalue weighted by Gasteiger charge is 2.38. The van der Waals surface area contributed by atoms with Crippen LogP contribution >= 0.6 is 0 Å². The fourth-order valence-corrected chi connectivity index (χ4v) is 1.63. The van der Waals surface area contributed by atoms with E-state index in [4.69, 9.17) is 5.11 Å². The quantitative estimate of drug-likeness (QED) is 0.304. The van der Waals surface area contributed by atoms with Crippen molar-refractivity contribution >= 4 is 0 Å². The molecule has 0 aromatic carbocycles. The van der Waals surface area contributed by atoms with Crippen LogP contribution in [0.3, 0.4) is 0 Å². The van der Waals surface area contributed by atoms with Gasteiger partial charge in [-0.1, -0.05) is 0 Å². The highest BCUT2D eigenvalue weighted by atomic mass is 16.4. The largest absolute Gasteiger partial charge is 0.396 e. The molecule has 0 radical (unpaired) electrons. The fourth-order valence-electron chi connectivity index (χ4n) is 1.63. The van der Waals surface area contributed by atoms with Gasteiger partial charge in [0.15, 0.2) is 0 Å². The molecule has 1 aliphatic rings. The Morgan fingerprint density at radius 3 is 2.00 bits per heavy atom. The Bertz CT molecular complexity index is 161. The highest BCUT2D eigenvalue weighted by Crippen LogP contribution is 2.24. The van der Waals surface area contributed by atoms with Crippen molar-refractivity contribution in [3.63, 3.8) is 0 Å². The monoisotopic (exact) mass is 192 g/mol. The van der Waals surface area contributed by atoms with Gasteiger partial charge in [-0.05, 0) is 12.8 Å². The molecule has 0 saturated heterocycles. The van der Waals surface area contributed by atoms with E-state index in [9.17, 15) is 20.4 Å². The van der Waals surface area contributed by atoms with Crippen molar-refractivity contribution in [2.45, 2.75) is 37.3 Å². The van der Waals surface area contributed by atoms with Gasteiger partial charge in [0.25, 0.3) is 0 Å². The van der Waals surface area contributed by atoms with Crippen molar-refractivity contribution in [1.29, 1.82) is 0 Å². The number of aliphatic hydroxyl groups is 5. The third kappa shape index (κ3) is 2.18. The van der Waals surface area contributed by atoms with E-state index in [0.29, 0.717) is 6.42 Å². The molecule has 1 fully saturated rings. The molecule has 0 aromatic rings. The first kappa shape index (κ1) is 10.9. The first-order valence-corrected chi connectivity index (χ1v) is 4.41. The molecule has 0 bridgehead atoms. The van der Waals surface area contributed by atoms with Gasteiger partial charge < -0.3 is 25.5 Å². The normalized spacial score (nSPS) is 47.3. The van der Waals surface area contributed by atoms with Gasteiger partial charge in [0.05, 0.1) is 12.2 Å². The minimum Gasteiger partial charge on any atom is -0.396 e. The summed E-state index contributed by atoms with van der Waals surface area (Å²) in [7, 11) is 0.